The van der Waals surface area contributed by atoms with Gasteiger partial charge in [-0.3, -0.25) is 0 Å². The topological polar surface area (TPSA) is 17.8 Å². The van der Waals surface area contributed by atoms with Crippen LogP contribution in [0.15, 0.2) is 42.5 Å². The summed E-state index contributed by atoms with van der Waals surface area (Å²) in [6.45, 7) is 3.04. The molecule has 0 aliphatic rings. The average molecular weight is 319 g/mol. The molecule has 2 nitrogen and oxygen atoms in total. The van der Waals surface area contributed by atoms with Gasteiger partial charge in [0.15, 0.2) is 0 Å². The highest BCUT2D eigenvalue weighted by Gasteiger charge is 2.14. The molecule has 0 N–H and O–H groups in total. The smallest absolute Gasteiger partial charge is 0.141 e. The van der Waals surface area contributed by atoms with Crippen molar-refractivity contribution in [1.29, 1.82) is 0 Å². The van der Waals surface area contributed by atoms with Gasteiger partial charge in [-0.2, -0.15) is 0 Å². The van der Waals surface area contributed by atoms with Crippen LogP contribution in [0.2, 0.25) is 5.02 Å². The van der Waals surface area contributed by atoms with Crippen molar-refractivity contribution in [3.05, 3.63) is 53.1 Å². The monoisotopic (exact) mass is 318 g/mol. The summed E-state index contributed by atoms with van der Waals surface area (Å²) in [5, 5.41) is 0.744. The van der Waals surface area contributed by atoms with E-state index in [-0.39, 0.29) is 0 Å². The summed E-state index contributed by atoms with van der Waals surface area (Å²) in [7, 11) is 0. The van der Waals surface area contributed by atoms with Crippen LogP contribution < -0.4 is 0 Å². The highest BCUT2D eigenvalue weighted by atomic mass is 35.5. The van der Waals surface area contributed by atoms with Crippen molar-refractivity contribution in [2.24, 2.45) is 0 Å². The zero-order valence-electron chi connectivity index (χ0n) is 11.8. The Balaban J connectivity index is 2.25. The number of aromatic nitrogens is 2. The number of alkyl halides is 1. The third-order valence-corrected chi connectivity index (χ3v) is 4.12. The van der Waals surface area contributed by atoms with Crippen molar-refractivity contribution in [1.82, 2.24) is 9.55 Å². The maximum atomic E-state index is 6.38. The molecule has 2 aromatic carbocycles. The van der Waals surface area contributed by atoms with Crippen molar-refractivity contribution in [2.45, 2.75) is 25.8 Å². The van der Waals surface area contributed by atoms with Crippen molar-refractivity contribution in [3.8, 4) is 11.4 Å². The van der Waals surface area contributed by atoms with Crippen molar-refractivity contribution in [3.63, 3.8) is 0 Å². The molecule has 0 fully saturated rings. The van der Waals surface area contributed by atoms with Gasteiger partial charge in [-0.15, -0.1) is 11.6 Å². The van der Waals surface area contributed by atoms with Crippen LogP contribution in [0.3, 0.4) is 0 Å². The maximum Gasteiger partial charge on any atom is 0.141 e. The number of halogens is 2. The number of hydrogen-bond donors (Lipinski definition) is 0. The summed E-state index contributed by atoms with van der Waals surface area (Å²) in [5.41, 5.74) is 4.11. The molecule has 0 aliphatic heterocycles. The standard InChI is InChI=1S/C17H16Cl2N2/c1-2-9-21-16-14(19)7-4-8-15(16)20-17(21)13-6-3-5-12(10-13)11-18/h3-8,10H,2,9,11H2,1H3. The molecule has 3 rings (SSSR count). The van der Waals surface area contributed by atoms with Gasteiger partial charge in [0.25, 0.3) is 0 Å². The molecule has 108 valence electrons. The van der Waals surface area contributed by atoms with Gasteiger partial charge < -0.3 is 4.57 Å². The number of imidazole rings is 1. The molecule has 0 amide bonds. The van der Waals surface area contributed by atoms with E-state index in [9.17, 15) is 0 Å². The fourth-order valence-electron chi connectivity index (χ4n) is 2.60. The zero-order valence-corrected chi connectivity index (χ0v) is 13.3. The van der Waals surface area contributed by atoms with Gasteiger partial charge in [0.1, 0.15) is 5.82 Å². The van der Waals surface area contributed by atoms with E-state index >= 15 is 0 Å². The molecule has 4 heteroatoms. The molecule has 1 heterocycles. The van der Waals surface area contributed by atoms with Crippen LogP contribution in [0, 0.1) is 0 Å². The number of fused-ring (bicyclic) bond motifs is 1. The first-order valence-corrected chi connectivity index (χ1v) is 7.96. The predicted molar refractivity (Wildman–Crippen MR) is 90.0 cm³/mol. The van der Waals surface area contributed by atoms with E-state index in [0.29, 0.717) is 5.88 Å². The number of aryl methyl sites for hydroxylation is 1. The summed E-state index contributed by atoms with van der Waals surface area (Å²) in [6.07, 6.45) is 1.03. The van der Waals surface area contributed by atoms with Gasteiger partial charge in [-0.1, -0.05) is 42.8 Å². The molecule has 1 aromatic heterocycles. The summed E-state index contributed by atoms with van der Waals surface area (Å²) in [6, 6.07) is 14.1. The number of para-hydroxylation sites is 1. The van der Waals surface area contributed by atoms with Crippen LogP contribution in [-0.2, 0) is 12.4 Å². The first-order chi connectivity index (χ1) is 10.2. The average Bonchev–Trinajstić information content (AvgIpc) is 2.88. The van der Waals surface area contributed by atoms with E-state index in [0.717, 1.165) is 46.0 Å². The van der Waals surface area contributed by atoms with Crippen molar-refractivity contribution < 1.29 is 0 Å². The summed E-state index contributed by atoms with van der Waals surface area (Å²) >= 11 is 12.3. The minimum atomic E-state index is 0.503. The molecule has 0 spiro atoms. The van der Waals surface area contributed by atoms with Crippen LogP contribution in [0.1, 0.15) is 18.9 Å². The third kappa shape index (κ3) is 2.66. The van der Waals surface area contributed by atoms with Gasteiger partial charge in [-0.05, 0) is 30.2 Å². The Morgan fingerprint density at radius 2 is 1.95 bits per heavy atom. The lowest BCUT2D eigenvalue weighted by atomic mass is 10.1. The van der Waals surface area contributed by atoms with E-state index in [1.165, 1.54) is 0 Å². The Hall–Kier alpha value is -1.51. The first-order valence-electron chi connectivity index (χ1n) is 7.04. The van der Waals surface area contributed by atoms with Crippen molar-refractivity contribution in [2.75, 3.05) is 0 Å². The largest absolute Gasteiger partial charge is 0.323 e. The maximum absolute atomic E-state index is 6.38. The normalized spacial score (nSPS) is 11.2. The van der Waals surface area contributed by atoms with Gasteiger partial charge in [-0.25, -0.2) is 4.98 Å². The second kappa shape index (κ2) is 6.08. The molecular weight excluding hydrogens is 303 g/mol. The molecule has 0 unspecified atom stereocenters. The quantitative estimate of drug-likeness (QED) is 0.580. The van der Waals surface area contributed by atoms with Gasteiger partial charge >= 0.3 is 0 Å². The number of nitrogens with zero attached hydrogens (tertiary/aromatic N) is 2. The van der Waals surface area contributed by atoms with Crippen LogP contribution in [0.4, 0.5) is 0 Å². The molecule has 0 bridgehead atoms. The summed E-state index contributed by atoms with van der Waals surface area (Å²) < 4.78 is 2.20. The Morgan fingerprint density at radius 1 is 1.14 bits per heavy atom. The molecular formula is C17H16Cl2N2. The minimum absolute atomic E-state index is 0.503. The second-order valence-corrected chi connectivity index (χ2v) is 5.70. The Labute approximate surface area is 134 Å². The fourth-order valence-corrected chi connectivity index (χ4v) is 3.03. The lowest BCUT2D eigenvalue weighted by Crippen LogP contribution is -2.00. The molecule has 0 aliphatic carbocycles. The first kappa shape index (κ1) is 14.4. The van der Waals surface area contributed by atoms with Crippen LogP contribution in [0.5, 0.6) is 0 Å². The molecule has 3 aromatic rings. The number of rotatable bonds is 4. The second-order valence-electron chi connectivity index (χ2n) is 5.03. The van der Waals surface area contributed by atoms with E-state index in [2.05, 4.69) is 23.6 Å². The molecule has 21 heavy (non-hydrogen) atoms. The number of benzene rings is 2. The Kier molecular flexibility index (Phi) is 4.18. The zero-order chi connectivity index (χ0) is 14.8. The Morgan fingerprint density at radius 3 is 2.71 bits per heavy atom. The fraction of sp³-hybridized carbons (Fsp3) is 0.235. The highest BCUT2D eigenvalue weighted by molar-refractivity contribution is 6.35. The number of hydrogen-bond acceptors (Lipinski definition) is 1. The molecule has 0 saturated heterocycles. The van der Waals surface area contributed by atoms with Gasteiger partial charge in [0.2, 0.25) is 0 Å². The van der Waals surface area contributed by atoms with E-state index < -0.39 is 0 Å². The lowest BCUT2D eigenvalue weighted by Gasteiger charge is -2.09. The van der Waals surface area contributed by atoms with E-state index in [1.54, 1.807) is 0 Å². The van der Waals surface area contributed by atoms with Crippen LogP contribution >= 0.6 is 23.2 Å². The van der Waals surface area contributed by atoms with Gasteiger partial charge in [0.05, 0.1) is 16.1 Å². The molecule has 0 saturated carbocycles. The minimum Gasteiger partial charge on any atom is -0.323 e. The van der Waals surface area contributed by atoms with E-state index in [4.69, 9.17) is 28.2 Å². The highest BCUT2D eigenvalue weighted by Crippen LogP contribution is 2.30. The molecule has 0 radical (unpaired) electrons. The van der Waals surface area contributed by atoms with Gasteiger partial charge in [0, 0.05) is 18.0 Å². The lowest BCUT2D eigenvalue weighted by molar-refractivity contribution is 0.704. The Bertz CT molecular complexity index is 778. The van der Waals surface area contributed by atoms with E-state index in [1.807, 2.05) is 30.3 Å². The van der Waals surface area contributed by atoms with Crippen LogP contribution in [0.25, 0.3) is 22.4 Å². The van der Waals surface area contributed by atoms with Crippen molar-refractivity contribution >= 4 is 34.2 Å². The predicted octanol–water partition coefficient (Wildman–Crippen LogP) is 5.51. The molecule has 0 atom stereocenters. The summed E-state index contributed by atoms with van der Waals surface area (Å²) in [5.74, 6) is 1.45. The van der Waals surface area contributed by atoms with Crippen LogP contribution in [-0.4, -0.2) is 9.55 Å². The third-order valence-electron chi connectivity index (χ3n) is 3.50. The SMILES string of the molecule is CCCn1c(-c2cccc(CCl)c2)nc2cccc(Cl)c21. The summed E-state index contributed by atoms with van der Waals surface area (Å²) in [4.78, 5) is 4.77.